The molecule has 126 valence electrons. The summed E-state index contributed by atoms with van der Waals surface area (Å²) in [6, 6.07) is 12.5. The molecule has 1 amide bonds. The number of benzene rings is 2. The van der Waals surface area contributed by atoms with Gasteiger partial charge in [0.15, 0.2) is 0 Å². The number of nitro benzene ring substituents is 1. The summed E-state index contributed by atoms with van der Waals surface area (Å²) in [5.41, 5.74) is 1.20. The molecular weight excluding hydrogens is 310 g/mol. The summed E-state index contributed by atoms with van der Waals surface area (Å²) in [6.07, 6.45) is 0. The third-order valence-electron chi connectivity index (χ3n) is 3.30. The van der Waals surface area contributed by atoms with E-state index in [1.54, 1.807) is 6.92 Å². The molecule has 0 aliphatic carbocycles. The van der Waals surface area contributed by atoms with Crippen molar-refractivity contribution >= 4 is 23.0 Å². The van der Waals surface area contributed by atoms with Gasteiger partial charge in [-0.15, -0.1) is 0 Å². The van der Waals surface area contributed by atoms with Crippen LogP contribution in [0.3, 0.4) is 0 Å². The van der Waals surface area contributed by atoms with Gasteiger partial charge in [-0.2, -0.15) is 0 Å². The van der Waals surface area contributed by atoms with Crippen molar-refractivity contribution in [3.05, 3.63) is 58.6 Å². The van der Waals surface area contributed by atoms with E-state index < -0.39 is 11.0 Å². The van der Waals surface area contributed by atoms with Crippen LogP contribution in [0.25, 0.3) is 0 Å². The Kier molecular flexibility index (Phi) is 5.73. The Morgan fingerprint density at radius 1 is 1.21 bits per heavy atom. The van der Waals surface area contributed by atoms with Gasteiger partial charge >= 0.3 is 0 Å². The summed E-state index contributed by atoms with van der Waals surface area (Å²) in [7, 11) is 0. The van der Waals surface area contributed by atoms with Crippen molar-refractivity contribution in [1.29, 1.82) is 0 Å². The zero-order valence-corrected chi connectivity index (χ0v) is 13.5. The summed E-state index contributed by atoms with van der Waals surface area (Å²) in [5, 5.41) is 16.4. The van der Waals surface area contributed by atoms with Crippen LogP contribution >= 0.6 is 0 Å². The maximum Gasteiger partial charge on any atom is 0.269 e. The van der Waals surface area contributed by atoms with Gasteiger partial charge in [-0.25, -0.2) is 0 Å². The predicted octanol–water partition coefficient (Wildman–Crippen LogP) is 3.43. The second-order valence-corrected chi connectivity index (χ2v) is 5.09. The topological polar surface area (TPSA) is 93.5 Å². The molecular formula is C17H19N3O4. The molecule has 7 heteroatoms. The second kappa shape index (κ2) is 7.96. The molecule has 0 bridgehead atoms. The van der Waals surface area contributed by atoms with Crippen LogP contribution in [-0.2, 0) is 4.79 Å². The molecule has 2 aromatic rings. The van der Waals surface area contributed by atoms with Crippen LogP contribution in [0, 0.1) is 10.1 Å². The summed E-state index contributed by atoms with van der Waals surface area (Å²) in [5.74, 6) is 0.421. The minimum atomic E-state index is -0.512. The first kappa shape index (κ1) is 17.3. The minimum Gasteiger partial charge on any atom is -0.492 e. The van der Waals surface area contributed by atoms with Crippen LogP contribution in [0.15, 0.2) is 48.5 Å². The highest BCUT2D eigenvalue weighted by molar-refractivity contribution is 5.96. The molecule has 1 unspecified atom stereocenters. The number of nitrogens with zero attached hydrogens (tertiary/aromatic N) is 1. The Balaban J connectivity index is 2.01. The number of amides is 1. The molecule has 24 heavy (non-hydrogen) atoms. The Morgan fingerprint density at radius 2 is 1.88 bits per heavy atom. The van der Waals surface area contributed by atoms with Gasteiger partial charge in [0.25, 0.3) is 5.69 Å². The van der Waals surface area contributed by atoms with Crippen LogP contribution in [0.4, 0.5) is 17.1 Å². The zero-order valence-electron chi connectivity index (χ0n) is 13.5. The number of carbonyl (C=O) groups is 1. The molecule has 0 fully saturated rings. The first-order chi connectivity index (χ1) is 11.5. The molecule has 0 heterocycles. The number of rotatable bonds is 7. The van der Waals surface area contributed by atoms with Gasteiger partial charge < -0.3 is 15.4 Å². The van der Waals surface area contributed by atoms with E-state index in [0.717, 1.165) is 5.69 Å². The van der Waals surface area contributed by atoms with Crippen molar-refractivity contribution in [1.82, 2.24) is 0 Å². The van der Waals surface area contributed by atoms with E-state index in [4.69, 9.17) is 4.74 Å². The maximum atomic E-state index is 12.3. The molecule has 2 N–H and O–H groups in total. The number of hydrogen-bond acceptors (Lipinski definition) is 5. The standard InChI is InChI=1S/C17H19N3O4/c1-3-24-16-7-5-4-6-15(16)18-12(2)17(21)19-13-8-10-14(11-9-13)20(22)23/h4-12,18H,3H2,1-2H3,(H,19,21). The number of non-ortho nitro benzene ring substituents is 1. The molecule has 0 saturated carbocycles. The fourth-order valence-electron chi connectivity index (χ4n) is 2.08. The van der Waals surface area contributed by atoms with Crippen molar-refractivity contribution < 1.29 is 14.5 Å². The highest BCUT2D eigenvalue weighted by Gasteiger charge is 2.15. The molecule has 0 aromatic heterocycles. The summed E-state index contributed by atoms with van der Waals surface area (Å²) in [6.45, 7) is 4.15. The first-order valence-electron chi connectivity index (χ1n) is 7.55. The van der Waals surface area contributed by atoms with Gasteiger partial charge in [-0.05, 0) is 38.1 Å². The average molecular weight is 329 g/mol. The van der Waals surface area contributed by atoms with Crippen LogP contribution in [0.2, 0.25) is 0 Å². The highest BCUT2D eigenvalue weighted by Crippen LogP contribution is 2.24. The van der Waals surface area contributed by atoms with Gasteiger partial charge in [-0.1, -0.05) is 12.1 Å². The van der Waals surface area contributed by atoms with Crippen LogP contribution < -0.4 is 15.4 Å². The monoisotopic (exact) mass is 329 g/mol. The first-order valence-corrected chi connectivity index (χ1v) is 7.55. The molecule has 7 nitrogen and oxygen atoms in total. The molecule has 2 aromatic carbocycles. The number of para-hydroxylation sites is 2. The zero-order chi connectivity index (χ0) is 17.5. The van der Waals surface area contributed by atoms with Gasteiger partial charge in [0.05, 0.1) is 17.2 Å². The fraction of sp³-hybridized carbons (Fsp3) is 0.235. The van der Waals surface area contributed by atoms with Crippen molar-refractivity contribution in [3.8, 4) is 5.75 Å². The quantitative estimate of drug-likeness (QED) is 0.599. The molecule has 2 rings (SSSR count). The number of nitro groups is 1. The lowest BCUT2D eigenvalue weighted by molar-refractivity contribution is -0.384. The lowest BCUT2D eigenvalue weighted by Gasteiger charge is -2.17. The molecule has 0 radical (unpaired) electrons. The third-order valence-corrected chi connectivity index (χ3v) is 3.30. The fourth-order valence-corrected chi connectivity index (χ4v) is 2.08. The van der Waals surface area contributed by atoms with Crippen molar-refractivity contribution in [2.75, 3.05) is 17.2 Å². The van der Waals surface area contributed by atoms with Gasteiger partial charge in [0.1, 0.15) is 11.8 Å². The van der Waals surface area contributed by atoms with Crippen molar-refractivity contribution in [3.63, 3.8) is 0 Å². The second-order valence-electron chi connectivity index (χ2n) is 5.09. The van der Waals surface area contributed by atoms with Crippen LogP contribution in [0.5, 0.6) is 5.75 Å². The lowest BCUT2D eigenvalue weighted by atomic mass is 10.2. The van der Waals surface area contributed by atoms with E-state index >= 15 is 0 Å². The van der Waals surface area contributed by atoms with Gasteiger partial charge in [-0.3, -0.25) is 14.9 Å². The van der Waals surface area contributed by atoms with Gasteiger partial charge in [0, 0.05) is 17.8 Å². The minimum absolute atomic E-state index is 0.0233. The van der Waals surface area contributed by atoms with E-state index in [9.17, 15) is 14.9 Å². The number of anilines is 2. The summed E-state index contributed by atoms with van der Waals surface area (Å²) < 4.78 is 5.51. The maximum absolute atomic E-state index is 12.3. The van der Waals surface area contributed by atoms with E-state index in [1.165, 1.54) is 24.3 Å². The summed E-state index contributed by atoms with van der Waals surface area (Å²) >= 11 is 0. The van der Waals surface area contributed by atoms with E-state index in [0.29, 0.717) is 18.0 Å². The summed E-state index contributed by atoms with van der Waals surface area (Å²) in [4.78, 5) is 22.4. The molecule has 0 aliphatic rings. The van der Waals surface area contributed by atoms with Crippen molar-refractivity contribution in [2.24, 2.45) is 0 Å². The Labute approximate surface area is 139 Å². The van der Waals surface area contributed by atoms with E-state index in [2.05, 4.69) is 10.6 Å². The number of hydrogen-bond donors (Lipinski definition) is 2. The predicted molar refractivity (Wildman–Crippen MR) is 92.4 cm³/mol. The van der Waals surface area contributed by atoms with E-state index in [1.807, 2.05) is 31.2 Å². The number of carbonyl (C=O) groups excluding carboxylic acids is 1. The smallest absolute Gasteiger partial charge is 0.269 e. The molecule has 0 aliphatic heterocycles. The number of nitrogens with one attached hydrogen (secondary N) is 2. The van der Waals surface area contributed by atoms with Crippen LogP contribution in [-0.4, -0.2) is 23.5 Å². The molecule has 0 saturated heterocycles. The largest absolute Gasteiger partial charge is 0.492 e. The average Bonchev–Trinajstić information content (AvgIpc) is 2.57. The molecule has 0 spiro atoms. The Hall–Kier alpha value is -3.09. The van der Waals surface area contributed by atoms with Crippen molar-refractivity contribution in [2.45, 2.75) is 19.9 Å². The third kappa shape index (κ3) is 4.45. The Morgan fingerprint density at radius 3 is 2.50 bits per heavy atom. The number of ether oxygens (including phenoxy) is 1. The lowest BCUT2D eigenvalue weighted by Crippen LogP contribution is -2.32. The normalized spacial score (nSPS) is 11.4. The SMILES string of the molecule is CCOc1ccccc1NC(C)C(=O)Nc1ccc([N+](=O)[O-])cc1. The van der Waals surface area contributed by atoms with E-state index in [-0.39, 0.29) is 11.6 Å². The Bertz CT molecular complexity index is 716. The van der Waals surface area contributed by atoms with Gasteiger partial charge in [0.2, 0.25) is 5.91 Å². The van der Waals surface area contributed by atoms with Crippen LogP contribution in [0.1, 0.15) is 13.8 Å². The highest BCUT2D eigenvalue weighted by atomic mass is 16.6. The molecule has 1 atom stereocenters.